The number of aromatic nitrogens is 2. The lowest BCUT2D eigenvalue weighted by Crippen LogP contribution is -2.30. The molecule has 7 heteroatoms. The number of rotatable bonds is 5. The molecule has 0 bridgehead atoms. The van der Waals surface area contributed by atoms with Gasteiger partial charge in [0.2, 0.25) is 0 Å². The quantitative estimate of drug-likeness (QED) is 0.788. The number of esters is 1. The monoisotopic (exact) mass is 319 g/mol. The van der Waals surface area contributed by atoms with E-state index in [1.807, 2.05) is 12.1 Å². The highest BCUT2D eigenvalue weighted by Gasteiger charge is 2.14. The zero-order chi connectivity index (χ0) is 15.9. The summed E-state index contributed by atoms with van der Waals surface area (Å²) in [6, 6.07) is 7.17. The molecule has 114 valence electrons. The van der Waals surface area contributed by atoms with Crippen molar-refractivity contribution < 1.29 is 14.3 Å². The maximum absolute atomic E-state index is 11.9. The number of ether oxygens (including phenoxy) is 1. The summed E-state index contributed by atoms with van der Waals surface area (Å²) in [6.45, 7) is 0.0538. The van der Waals surface area contributed by atoms with Gasteiger partial charge in [-0.15, -0.1) is 0 Å². The molecule has 6 nitrogen and oxygen atoms in total. The number of nitrogens with zero attached hydrogens (tertiary/aromatic N) is 3. The predicted octanol–water partition coefficient (Wildman–Crippen LogP) is 1.95. The first-order valence-electron chi connectivity index (χ1n) is 6.48. The first kappa shape index (κ1) is 15.9. The summed E-state index contributed by atoms with van der Waals surface area (Å²) in [7, 11) is 1.63. The van der Waals surface area contributed by atoms with E-state index in [1.165, 1.54) is 23.5 Å². The summed E-state index contributed by atoms with van der Waals surface area (Å²) >= 11 is 5.80. The second-order valence-corrected chi connectivity index (χ2v) is 4.98. The van der Waals surface area contributed by atoms with Gasteiger partial charge in [0.05, 0.1) is 6.20 Å². The molecule has 1 amide bonds. The number of likely N-dealkylation sites (N-methyl/N-ethyl adjacent to an activating group) is 1. The van der Waals surface area contributed by atoms with E-state index in [4.69, 9.17) is 16.3 Å². The fourth-order valence-electron chi connectivity index (χ4n) is 1.67. The Labute approximate surface area is 132 Å². The minimum atomic E-state index is -0.679. The van der Waals surface area contributed by atoms with Gasteiger partial charge in [0, 0.05) is 31.0 Å². The Morgan fingerprint density at radius 2 is 1.95 bits per heavy atom. The summed E-state index contributed by atoms with van der Waals surface area (Å²) in [6.07, 6.45) is 4.11. The third kappa shape index (κ3) is 4.53. The molecule has 0 saturated carbocycles. The Balaban J connectivity index is 1.84. The zero-order valence-electron chi connectivity index (χ0n) is 11.9. The van der Waals surface area contributed by atoms with Gasteiger partial charge in [0.25, 0.3) is 5.91 Å². The van der Waals surface area contributed by atoms with Crippen molar-refractivity contribution in [3.63, 3.8) is 0 Å². The van der Waals surface area contributed by atoms with Gasteiger partial charge in [-0.2, -0.15) is 0 Å². The van der Waals surface area contributed by atoms with Gasteiger partial charge < -0.3 is 9.64 Å². The smallest absolute Gasteiger partial charge is 0.359 e. The molecule has 0 atom stereocenters. The van der Waals surface area contributed by atoms with E-state index < -0.39 is 5.97 Å². The third-order valence-corrected chi connectivity index (χ3v) is 3.11. The van der Waals surface area contributed by atoms with Gasteiger partial charge in [0.1, 0.15) is 0 Å². The van der Waals surface area contributed by atoms with Crippen LogP contribution in [0.2, 0.25) is 5.02 Å². The molecule has 0 unspecified atom stereocenters. The lowest BCUT2D eigenvalue weighted by atomic mass is 10.2. The molecule has 2 rings (SSSR count). The van der Waals surface area contributed by atoms with Crippen LogP contribution >= 0.6 is 11.6 Å². The van der Waals surface area contributed by atoms with Crippen LogP contribution in [0.5, 0.6) is 0 Å². The molecule has 0 fully saturated rings. The van der Waals surface area contributed by atoms with Crippen molar-refractivity contribution in [3.05, 3.63) is 59.1 Å². The van der Waals surface area contributed by atoms with Crippen molar-refractivity contribution in [2.75, 3.05) is 13.7 Å². The van der Waals surface area contributed by atoms with Crippen LogP contribution in [0.25, 0.3) is 0 Å². The highest BCUT2D eigenvalue weighted by molar-refractivity contribution is 6.30. The fraction of sp³-hybridized carbons (Fsp3) is 0.200. The van der Waals surface area contributed by atoms with E-state index >= 15 is 0 Å². The number of benzene rings is 1. The molecule has 0 radical (unpaired) electrons. The summed E-state index contributed by atoms with van der Waals surface area (Å²) in [5.74, 6) is -0.992. The number of amides is 1. The van der Waals surface area contributed by atoms with E-state index in [0.29, 0.717) is 11.6 Å². The third-order valence-electron chi connectivity index (χ3n) is 2.86. The van der Waals surface area contributed by atoms with Crippen molar-refractivity contribution in [1.82, 2.24) is 14.9 Å². The molecule has 1 aromatic heterocycles. The first-order chi connectivity index (χ1) is 10.6. The lowest BCUT2D eigenvalue weighted by molar-refractivity contribution is -0.133. The van der Waals surface area contributed by atoms with Gasteiger partial charge in [-0.1, -0.05) is 23.7 Å². The van der Waals surface area contributed by atoms with Crippen LogP contribution in [0.1, 0.15) is 16.1 Å². The van der Waals surface area contributed by atoms with Crippen LogP contribution in [-0.2, 0) is 16.1 Å². The maximum atomic E-state index is 11.9. The van der Waals surface area contributed by atoms with Crippen molar-refractivity contribution >= 4 is 23.5 Å². The average Bonchev–Trinajstić information content (AvgIpc) is 2.55. The number of hydrogen-bond acceptors (Lipinski definition) is 5. The molecule has 0 aliphatic rings. The van der Waals surface area contributed by atoms with Gasteiger partial charge in [-0.3, -0.25) is 9.78 Å². The normalized spacial score (nSPS) is 10.1. The minimum absolute atomic E-state index is 0.0654. The largest absolute Gasteiger partial charge is 0.451 e. The molecule has 0 aliphatic heterocycles. The fourth-order valence-corrected chi connectivity index (χ4v) is 1.79. The molecule has 0 spiro atoms. The highest BCUT2D eigenvalue weighted by atomic mass is 35.5. The van der Waals surface area contributed by atoms with Crippen molar-refractivity contribution in [1.29, 1.82) is 0 Å². The van der Waals surface area contributed by atoms with E-state index in [9.17, 15) is 9.59 Å². The summed E-state index contributed by atoms with van der Waals surface area (Å²) in [5.41, 5.74) is 0.996. The summed E-state index contributed by atoms with van der Waals surface area (Å²) in [4.78, 5) is 32.6. The van der Waals surface area contributed by atoms with Crippen LogP contribution in [0, 0.1) is 0 Å². The molecule has 1 heterocycles. The summed E-state index contributed by atoms with van der Waals surface area (Å²) in [5, 5.41) is 0.635. The second kappa shape index (κ2) is 7.51. The number of halogens is 1. The molecule has 22 heavy (non-hydrogen) atoms. The average molecular weight is 320 g/mol. The molecule has 0 N–H and O–H groups in total. The molecular formula is C15H14ClN3O3. The van der Waals surface area contributed by atoms with E-state index in [-0.39, 0.29) is 18.2 Å². The van der Waals surface area contributed by atoms with Crippen LogP contribution in [-0.4, -0.2) is 40.4 Å². The topological polar surface area (TPSA) is 72.4 Å². The predicted molar refractivity (Wildman–Crippen MR) is 80.2 cm³/mol. The Morgan fingerprint density at radius 1 is 1.23 bits per heavy atom. The molecular weight excluding hydrogens is 306 g/mol. The van der Waals surface area contributed by atoms with Crippen LogP contribution in [0.15, 0.2) is 42.9 Å². The van der Waals surface area contributed by atoms with Crippen LogP contribution in [0.4, 0.5) is 0 Å². The maximum Gasteiger partial charge on any atom is 0.359 e. The van der Waals surface area contributed by atoms with Gasteiger partial charge in [-0.25, -0.2) is 9.78 Å². The Morgan fingerprint density at radius 3 is 2.59 bits per heavy atom. The zero-order valence-corrected chi connectivity index (χ0v) is 12.7. The Kier molecular flexibility index (Phi) is 5.43. The molecule has 0 saturated heterocycles. The second-order valence-electron chi connectivity index (χ2n) is 4.54. The molecule has 0 aliphatic carbocycles. The minimum Gasteiger partial charge on any atom is -0.451 e. The standard InChI is InChI=1S/C15H14ClN3O3/c1-19(9-11-2-4-12(16)5-3-11)14(20)10-22-15(21)13-8-17-6-7-18-13/h2-8H,9-10H2,1H3. The Bertz CT molecular complexity index is 647. The van der Waals surface area contributed by atoms with Gasteiger partial charge >= 0.3 is 5.97 Å². The first-order valence-corrected chi connectivity index (χ1v) is 6.85. The number of carbonyl (C=O) groups is 2. The van der Waals surface area contributed by atoms with Gasteiger partial charge in [0.15, 0.2) is 12.3 Å². The number of hydrogen-bond donors (Lipinski definition) is 0. The van der Waals surface area contributed by atoms with Crippen LogP contribution < -0.4 is 0 Å². The number of carbonyl (C=O) groups excluding carboxylic acids is 2. The van der Waals surface area contributed by atoms with Crippen molar-refractivity contribution in [3.8, 4) is 0 Å². The molecule has 1 aromatic carbocycles. The van der Waals surface area contributed by atoms with Crippen molar-refractivity contribution in [2.45, 2.75) is 6.54 Å². The van der Waals surface area contributed by atoms with E-state index in [2.05, 4.69) is 9.97 Å². The van der Waals surface area contributed by atoms with E-state index in [1.54, 1.807) is 19.2 Å². The molecule has 2 aromatic rings. The lowest BCUT2D eigenvalue weighted by Gasteiger charge is -2.17. The summed E-state index contributed by atoms with van der Waals surface area (Å²) < 4.78 is 4.91. The van der Waals surface area contributed by atoms with Crippen LogP contribution in [0.3, 0.4) is 0 Å². The van der Waals surface area contributed by atoms with Gasteiger partial charge in [-0.05, 0) is 17.7 Å². The Hall–Kier alpha value is -2.47. The van der Waals surface area contributed by atoms with E-state index in [0.717, 1.165) is 5.56 Å². The highest BCUT2D eigenvalue weighted by Crippen LogP contribution is 2.11. The SMILES string of the molecule is CN(Cc1ccc(Cl)cc1)C(=O)COC(=O)c1cnccn1. The van der Waals surface area contributed by atoms with Crippen molar-refractivity contribution in [2.24, 2.45) is 0 Å².